The third kappa shape index (κ3) is 3.68. The van der Waals surface area contributed by atoms with E-state index in [1.165, 1.54) is 16.3 Å². The second kappa shape index (κ2) is 7.79. The summed E-state index contributed by atoms with van der Waals surface area (Å²) in [6, 6.07) is 9.18. The van der Waals surface area contributed by atoms with Crippen molar-refractivity contribution in [2.45, 2.75) is 24.7 Å². The molecule has 1 aromatic carbocycles. The fraction of sp³-hybridized carbons (Fsp3) is 0.353. The summed E-state index contributed by atoms with van der Waals surface area (Å²) in [6.45, 7) is 2.17. The fourth-order valence-electron chi connectivity index (χ4n) is 2.60. The molecule has 0 saturated heterocycles. The molecule has 0 bridgehead atoms. The molecule has 1 atom stereocenters. The lowest BCUT2D eigenvalue weighted by molar-refractivity contribution is 0.0914. The van der Waals surface area contributed by atoms with Crippen LogP contribution < -0.4 is 16.0 Å². The van der Waals surface area contributed by atoms with Crippen molar-refractivity contribution in [2.75, 3.05) is 12.4 Å². The highest BCUT2D eigenvalue weighted by atomic mass is 32.2. The van der Waals surface area contributed by atoms with Crippen LogP contribution in [0.15, 0.2) is 45.1 Å². The van der Waals surface area contributed by atoms with Crippen molar-refractivity contribution in [3.63, 3.8) is 0 Å². The average molecular weight is 376 g/mol. The van der Waals surface area contributed by atoms with Crippen LogP contribution in [0.3, 0.4) is 0 Å². The third-order valence-corrected chi connectivity index (χ3v) is 4.68. The maximum Gasteiger partial charge on any atom is 0.329 e. The zero-order valence-corrected chi connectivity index (χ0v) is 15.3. The predicted molar refractivity (Wildman–Crippen MR) is 99.9 cm³/mol. The molecule has 26 heavy (non-hydrogen) atoms. The van der Waals surface area contributed by atoms with Crippen molar-refractivity contribution in [3.8, 4) is 5.75 Å². The van der Waals surface area contributed by atoms with Gasteiger partial charge in [-0.15, -0.1) is 0 Å². The predicted octanol–water partition coefficient (Wildman–Crippen LogP) is 0.975. The molecular weight excluding hydrogens is 356 g/mol. The minimum atomic E-state index is -0.847. The maximum atomic E-state index is 12.3. The first-order valence-electron chi connectivity index (χ1n) is 8.19. The number of benzene rings is 1. The van der Waals surface area contributed by atoms with E-state index in [0.717, 1.165) is 5.75 Å². The van der Waals surface area contributed by atoms with Crippen LogP contribution in [-0.2, 0) is 13.6 Å². The Balaban J connectivity index is 1.90. The van der Waals surface area contributed by atoms with Crippen molar-refractivity contribution in [2.24, 2.45) is 7.05 Å². The lowest BCUT2D eigenvalue weighted by Gasteiger charge is -2.15. The van der Waals surface area contributed by atoms with Crippen molar-refractivity contribution >= 4 is 22.9 Å². The van der Waals surface area contributed by atoms with Crippen LogP contribution in [0.25, 0.3) is 11.2 Å². The van der Waals surface area contributed by atoms with Crippen LogP contribution in [0, 0.1) is 0 Å². The van der Waals surface area contributed by atoms with Gasteiger partial charge < -0.3 is 14.4 Å². The van der Waals surface area contributed by atoms with Crippen molar-refractivity contribution in [1.82, 2.24) is 19.1 Å². The Kier molecular flexibility index (Phi) is 5.48. The number of hydrogen-bond donors (Lipinski definition) is 2. The summed E-state index contributed by atoms with van der Waals surface area (Å²) in [5.74, 6) is 1.40. The lowest BCUT2D eigenvalue weighted by Crippen LogP contribution is -2.30. The first kappa shape index (κ1) is 18.3. The molecule has 138 valence electrons. The fourth-order valence-corrected chi connectivity index (χ4v) is 3.33. The van der Waals surface area contributed by atoms with Gasteiger partial charge in [-0.1, -0.05) is 36.9 Å². The van der Waals surface area contributed by atoms with Crippen molar-refractivity contribution in [1.29, 1.82) is 0 Å². The number of hydrogen-bond acceptors (Lipinski definition) is 6. The highest BCUT2D eigenvalue weighted by Crippen LogP contribution is 2.21. The SMILES string of the molecule is CCSc1nc2c(c(=O)[nH]c(=O)n2C)n1C[C@@H](O)COc1ccccc1. The van der Waals surface area contributed by atoms with Crippen LogP contribution in [0.2, 0.25) is 0 Å². The zero-order chi connectivity index (χ0) is 18.7. The minimum absolute atomic E-state index is 0.0730. The van der Waals surface area contributed by atoms with E-state index in [1.807, 2.05) is 25.1 Å². The van der Waals surface area contributed by atoms with E-state index in [2.05, 4.69) is 9.97 Å². The summed E-state index contributed by atoms with van der Waals surface area (Å²) < 4.78 is 8.50. The smallest absolute Gasteiger partial charge is 0.329 e. The number of thioether (sulfide) groups is 1. The molecule has 8 nitrogen and oxygen atoms in total. The van der Waals surface area contributed by atoms with E-state index in [4.69, 9.17) is 4.74 Å². The first-order valence-corrected chi connectivity index (χ1v) is 9.18. The molecule has 0 aliphatic carbocycles. The summed E-state index contributed by atoms with van der Waals surface area (Å²) in [6.07, 6.45) is -0.847. The van der Waals surface area contributed by atoms with Crippen LogP contribution >= 0.6 is 11.8 Å². The third-order valence-electron chi connectivity index (χ3n) is 3.82. The number of aliphatic hydroxyl groups excluding tert-OH is 1. The molecule has 0 amide bonds. The van der Waals surface area contributed by atoms with Gasteiger partial charge in [-0.25, -0.2) is 9.78 Å². The minimum Gasteiger partial charge on any atom is -0.491 e. The molecule has 2 heterocycles. The number of aryl methyl sites for hydroxylation is 1. The van der Waals surface area contributed by atoms with E-state index < -0.39 is 17.4 Å². The van der Waals surface area contributed by atoms with E-state index in [-0.39, 0.29) is 18.7 Å². The number of H-pyrrole nitrogens is 1. The Labute approximate surface area is 153 Å². The second-order valence-electron chi connectivity index (χ2n) is 5.71. The van der Waals surface area contributed by atoms with Crippen LogP contribution in [0.4, 0.5) is 0 Å². The van der Waals surface area contributed by atoms with Gasteiger partial charge in [-0.3, -0.25) is 14.3 Å². The van der Waals surface area contributed by atoms with E-state index in [0.29, 0.717) is 16.6 Å². The lowest BCUT2D eigenvalue weighted by atomic mass is 10.3. The van der Waals surface area contributed by atoms with Gasteiger partial charge in [-0.2, -0.15) is 0 Å². The van der Waals surface area contributed by atoms with Gasteiger partial charge in [0.1, 0.15) is 18.5 Å². The molecule has 0 fully saturated rings. The number of imidazole rings is 1. The standard InChI is InChI=1S/C17H20N4O4S/c1-3-26-17-18-14-13(15(23)19-16(24)20(14)2)21(17)9-11(22)10-25-12-7-5-4-6-8-12/h4-8,11,22H,3,9-10H2,1-2H3,(H,19,23,24)/t11-/m1/s1. The summed E-state index contributed by atoms with van der Waals surface area (Å²) in [4.78, 5) is 30.8. The summed E-state index contributed by atoms with van der Waals surface area (Å²) in [5, 5.41) is 11.0. The Bertz CT molecular complexity index is 1010. The summed E-state index contributed by atoms with van der Waals surface area (Å²) in [7, 11) is 1.55. The zero-order valence-electron chi connectivity index (χ0n) is 14.5. The Morgan fingerprint density at radius 3 is 2.73 bits per heavy atom. The highest BCUT2D eigenvalue weighted by Gasteiger charge is 2.19. The van der Waals surface area contributed by atoms with Gasteiger partial charge in [0.15, 0.2) is 16.3 Å². The first-order chi connectivity index (χ1) is 12.5. The molecule has 9 heteroatoms. The topological polar surface area (TPSA) is 102 Å². The number of nitrogens with one attached hydrogen (secondary N) is 1. The average Bonchev–Trinajstić information content (AvgIpc) is 2.98. The number of ether oxygens (including phenoxy) is 1. The van der Waals surface area contributed by atoms with E-state index in [9.17, 15) is 14.7 Å². The van der Waals surface area contributed by atoms with Crippen molar-refractivity contribution in [3.05, 3.63) is 51.2 Å². The van der Waals surface area contributed by atoms with Crippen molar-refractivity contribution < 1.29 is 9.84 Å². The molecule has 2 aromatic heterocycles. The van der Waals surface area contributed by atoms with Crippen LogP contribution in [0.5, 0.6) is 5.75 Å². The Morgan fingerprint density at radius 1 is 1.31 bits per heavy atom. The molecule has 0 aliphatic rings. The highest BCUT2D eigenvalue weighted by molar-refractivity contribution is 7.99. The molecule has 0 unspecified atom stereocenters. The molecule has 0 radical (unpaired) electrons. The van der Waals surface area contributed by atoms with Crippen LogP contribution in [0.1, 0.15) is 6.92 Å². The van der Waals surface area contributed by atoms with Gasteiger partial charge >= 0.3 is 5.69 Å². The monoisotopic (exact) mass is 376 g/mol. The van der Waals surface area contributed by atoms with Gasteiger partial charge in [0.05, 0.1) is 6.54 Å². The molecule has 3 rings (SSSR count). The normalized spacial score (nSPS) is 12.4. The molecular formula is C17H20N4O4S. The number of nitrogens with zero attached hydrogens (tertiary/aromatic N) is 3. The van der Waals surface area contributed by atoms with Gasteiger partial charge in [0.25, 0.3) is 5.56 Å². The van der Waals surface area contributed by atoms with Crippen LogP contribution in [-0.4, -0.2) is 42.7 Å². The summed E-state index contributed by atoms with van der Waals surface area (Å²) in [5.41, 5.74) is -0.476. The molecule has 0 aliphatic heterocycles. The Morgan fingerprint density at radius 2 is 2.04 bits per heavy atom. The van der Waals surface area contributed by atoms with E-state index >= 15 is 0 Å². The maximum absolute atomic E-state index is 12.3. The molecule has 3 aromatic rings. The quantitative estimate of drug-likeness (QED) is 0.596. The number of rotatable bonds is 7. The number of aliphatic hydroxyl groups is 1. The molecule has 0 spiro atoms. The largest absolute Gasteiger partial charge is 0.491 e. The van der Waals surface area contributed by atoms with Gasteiger partial charge in [0.2, 0.25) is 0 Å². The van der Waals surface area contributed by atoms with Gasteiger partial charge in [-0.05, 0) is 17.9 Å². The molecule has 2 N–H and O–H groups in total. The van der Waals surface area contributed by atoms with Gasteiger partial charge in [0, 0.05) is 7.05 Å². The number of para-hydroxylation sites is 1. The molecule has 0 saturated carbocycles. The Hall–Kier alpha value is -2.52. The second-order valence-corrected chi connectivity index (χ2v) is 6.94. The number of aromatic nitrogens is 4. The number of aromatic amines is 1. The van der Waals surface area contributed by atoms with E-state index in [1.54, 1.807) is 23.7 Å². The summed E-state index contributed by atoms with van der Waals surface area (Å²) >= 11 is 1.44. The number of fused-ring (bicyclic) bond motifs is 1.